The number of nitrogens with one attached hydrogen (secondary N) is 1. The normalized spacial score (nSPS) is 20.6. The van der Waals surface area contributed by atoms with E-state index in [1.165, 1.54) is 0 Å². The van der Waals surface area contributed by atoms with Crippen LogP contribution in [-0.2, 0) is 23.0 Å². The van der Waals surface area contributed by atoms with E-state index < -0.39 is 0 Å². The molecule has 122 valence electrons. The minimum Gasteiger partial charge on any atom is -0.368 e. The third-order valence-corrected chi connectivity index (χ3v) is 4.11. The molecular formula is C17H22N4O2. The molecule has 1 fully saturated rings. The van der Waals surface area contributed by atoms with Gasteiger partial charge in [0.1, 0.15) is 11.9 Å². The van der Waals surface area contributed by atoms with Crippen molar-refractivity contribution in [3.8, 4) is 0 Å². The third-order valence-electron chi connectivity index (χ3n) is 4.11. The lowest BCUT2D eigenvalue weighted by atomic mass is 10.1. The number of aryl methyl sites for hydroxylation is 2. The molecule has 3 rings (SSSR count). The SMILES string of the molecule is Cn1ccnc1[C@H]1OCC[C@@H]1NC(=O)CCCc1ccccn1. The highest BCUT2D eigenvalue weighted by atomic mass is 16.5. The molecule has 0 aromatic carbocycles. The second-order valence-electron chi connectivity index (χ2n) is 5.83. The number of pyridine rings is 1. The largest absolute Gasteiger partial charge is 0.368 e. The molecule has 1 aliphatic heterocycles. The zero-order chi connectivity index (χ0) is 16.1. The summed E-state index contributed by atoms with van der Waals surface area (Å²) in [6.07, 6.45) is 8.20. The van der Waals surface area contributed by atoms with E-state index in [0.29, 0.717) is 13.0 Å². The summed E-state index contributed by atoms with van der Waals surface area (Å²) in [6.45, 7) is 0.649. The average molecular weight is 314 g/mol. The molecule has 0 aliphatic carbocycles. The highest BCUT2D eigenvalue weighted by Crippen LogP contribution is 2.27. The lowest BCUT2D eigenvalue weighted by molar-refractivity contribution is -0.122. The Morgan fingerprint density at radius 3 is 3.04 bits per heavy atom. The molecule has 2 aromatic rings. The maximum atomic E-state index is 12.2. The van der Waals surface area contributed by atoms with Gasteiger partial charge in [0.05, 0.1) is 6.04 Å². The molecule has 0 radical (unpaired) electrons. The lowest BCUT2D eigenvalue weighted by Gasteiger charge is -2.19. The standard InChI is InChI=1S/C17H22N4O2/c1-21-11-10-19-17(21)16-14(8-12-23-16)20-15(22)7-4-6-13-5-2-3-9-18-13/h2-3,5,9-11,14,16H,4,6-8,12H2,1H3,(H,20,22)/t14-,16-/m0/s1. The summed E-state index contributed by atoms with van der Waals surface area (Å²) in [5.41, 5.74) is 1.02. The molecule has 0 unspecified atom stereocenters. The molecule has 3 heterocycles. The number of aromatic nitrogens is 3. The van der Waals surface area contributed by atoms with E-state index in [0.717, 1.165) is 30.8 Å². The maximum absolute atomic E-state index is 12.2. The van der Waals surface area contributed by atoms with Gasteiger partial charge in [0.2, 0.25) is 5.91 Å². The molecule has 2 aromatic heterocycles. The average Bonchev–Trinajstić information content (AvgIpc) is 3.17. The lowest BCUT2D eigenvalue weighted by Crippen LogP contribution is -2.37. The van der Waals surface area contributed by atoms with Gasteiger partial charge < -0.3 is 14.6 Å². The van der Waals surface area contributed by atoms with Crippen molar-refractivity contribution in [2.75, 3.05) is 6.61 Å². The molecule has 1 amide bonds. The van der Waals surface area contributed by atoms with Gasteiger partial charge in [0, 0.05) is 44.4 Å². The zero-order valence-corrected chi connectivity index (χ0v) is 13.3. The van der Waals surface area contributed by atoms with E-state index in [2.05, 4.69) is 15.3 Å². The van der Waals surface area contributed by atoms with Crippen LogP contribution in [0.2, 0.25) is 0 Å². The van der Waals surface area contributed by atoms with Crippen LogP contribution in [0.3, 0.4) is 0 Å². The highest BCUT2D eigenvalue weighted by Gasteiger charge is 2.33. The van der Waals surface area contributed by atoms with Crippen molar-refractivity contribution in [3.05, 3.63) is 48.3 Å². The molecule has 6 heteroatoms. The number of ether oxygens (including phenoxy) is 1. The van der Waals surface area contributed by atoms with Crippen LogP contribution in [0.5, 0.6) is 0 Å². The minimum atomic E-state index is -0.158. The van der Waals surface area contributed by atoms with Crippen molar-refractivity contribution < 1.29 is 9.53 Å². The number of amides is 1. The molecule has 1 N–H and O–H groups in total. The minimum absolute atomic E-state index is 0.00143. The van der Waals surface area contributed by atoms with E-state index in [-0.39, 0.29) is 18.1 Å². The van der Waals surface area contributed by atoms with Crippen molar-refractivity contribution in [2.24, 2.45) is 7.05 Å². The van der Waals surface area contributed by atoms with Crippen LogP contribution >= 0.6 is 0 Å². The number of imidazole rings is 1. The summed E-state index contributed by atoms with van der Waals surface area (Å²) >= 11 is 0. The predicted octanol–water partition coefficient (Wildman–Crippen LogP) is 1.78. The summed E-state index contributed by atoms with van der Waals surface area (Å²) in [6, 6.07) is 5.85. The van der Waals surface area contributed by atoms with Crippen molar-refractivity contribution in [1.82, 2.24) is 19.9 Å². The topological polar surface area (TPSA) is 69.0 Å². The van der Waals surface area contributed by atoms with E-state index in [4.69, 9.17) is 4.74 Å². The fourth-order valence-corrected chi connectivity index (χ4v) is 2.90. The number of hydrogen-bond donors (Lipinski definition) is 1. The van der Waals surface area contributed by atoms with Gasteiger partial charge in [-0.05, 0) is 31.4 Å². The van der Waals surface area contributed by atoms with Crippen molar-refractivity contribution >= 4 is 5.91 Å². The van der Waals surface area contributed by atoms with Crippen molar-refractivity contribution in [1.29, 1.82) is 0 Å². The Balaban J connectivity index is 1.48. The highest BCUT2D eigenvalue weighted by molar-refractivity contribution is 5.76. The van der Waals surface area contributed by atoms with E-state index >= 15 is 0 Å². The Bertz CT molecular complexity index is 641. The molecule has 6 nitrogen and oxygen atoms in total. The summed E-state index contributed by atoms with van der Waals surface area (Å²) in [7, 11) is 1.94. The van der Waals surface area contributed by atoms with Crippen LogP contribution in [-0.4, -0.2) is 33.1 Å². The smallest absolute Gasteiger partial charge is 0.220 e. The quantitative estimate of drug-likeness (QED) is 0.882. The first-order valence-corrected chi connectivity index (χ1v) is 8.02. The van der Waals surface area contributed by atoms with Gasteiger partial charge >= 0.3 is 0 Å². The fourth-order valence-electron chi connectivity index (χ4n) is 2.90. The van der Waals surface area contributed by atoms with Crippen molar-refractivity contribution in [2.45, 2.75) is 37.8 Å². The number of hydrogen-bond acceptors (Lipinski definition) is 4. The molecule has 1 aliphatic rings. The van der Waals surface area contributed by atoms with Gasteiger partial charge in [-0.25, -0.2) is 4.98 Å². The Morgan fingerprint density at radius 1 is 1.39 bits per heavy atom. The van der Waals surface area contributed by atoms with E-state index in [1.54, 1.807) is 12.4 Å². The summed E-state index contributed by atoms with van der Waals surface area (Å²) in [4.78, 5) is 20.8. The van der Waals surface area contributed by atoms with Gasteiger partial charge in [0.15, 0.2) is 0 Å². The Hall–Kier alpha value is -2.21. The van der Waals surface area contributed by atoms with Gasteiger partial charge in [-0.3, -0.25) is 9.78 Å². The molecule has 0 saturated carbocycles. The second-order valence-corrected chi connectivity index (χ2v) is 5.83. The molecule has 2 atom stereocenters. The van der Waals surface area contributed by atoms with Gasteiger partial charge in [0.25, 0.3) is 0 Å². The molecule has 0 spiro atoms. The number of nitrogens with zero attached hydrogens (tertiary/aromatic N) is 3. The fraction of sp³-hybridized carbons (Fsp3) is 0.471. The van der Waals surface area contributed by atoms with Gasteiger partial charge in [-0.2, -0.15) is 0 Å². The summed E-state index contributed by atoms with van der Waals surface area (Å²) < 4.78 is 7.70. The number of carbonyl (C=O) groups is 1. The molecule has 1 saturated heterocycles. The van der Waals surface area contributed by atoms with Crippen molar-refractivity contribution in [3.63, 3.8) is 0 Å². The van der Waals surface area contributed by atoms with Gasteiger partial charge in [-0.15, -0.1) is 0 Å². The zero-order valence-electron chi connectivity index (χ0n) is 13.3. The molecule has 23 heavy (non-hydrogen) atoms. The van der Waals surface area contributed by atoms with Crippen LogP contribution in [0.1, 0.15) is 36.9 Å². The van der Waals surface area contributed by atoms with Crippen LogP contribution in [0, 0.1) is 0 Å². The second kappa shape index (κ2) is 7.37. The number of rotatable bonds is 6. The summed E-state index contributed by atoms with van der Waals surface area (Å²) in [5, 5.41) is 3.09. The Labute approximate surface area is 135 Å². The number of carbonyl (C=O) groups excluding carboxylic acids is 1. The first-order chi connectivity index (χ1) is 11.2. The first kappa shape index (κ1) is 15.7. The van der Waals surface area contributed by atoms with Crippen LogP contribution in [0.15, 0.2) is 36.8 Å². The maximum Gasteiger partial charge on any atom is 0.220 e. The van der Waals surface area contributed by atoms with Crippen LogP contribution in [0.25, 0.3) is 0 Å². The van der Waals surface area contributed by atoms with Crippen LogP contribution in [0.4, 0.5) is 0 Å². The van der Waals surface area contributed by atoms with E-state index in [1.807, 2.05) is 36.0 Å². The monoisotopic (exact) mass is 314 g/mol. The van der Waals surface area contributed by atoms with E-state index in [9.17, 15) is 4.79 Å². The Kier molecular flexibility index (Phi) is 5.02. The summed E-state index contributed by atoms with van der Waals surface area (Å²) in [5.74, 6) is 0.928. The first-order valence-electron chi connectivity index (χ1n) is 8.02. The third kappa shape index (κ3) is 3.96. The Morgan fingerprint density at radius 2 is 2.30 bits per heavy atom. The molecule has 0 bridgehead atoms. The van der Waals surface area contributed by atoms with Gasteiger partial charge in [-0.1, -0.05) is 6.07 Å². The predicted molar refractivity (Wildman–Crippen MR) is 85.6 cm³/mol. The van der Waals surface area contributed by atoms with Crippen LogP contribution < -0.4 is 5.32 Å². The molecular weight excluding hydrogens is 292 g/mol.